The number of nitrogens with zero attached hydrogens (tertiary/aromatic N) is 3. The van der Waals surface area contributed by atoms with Gasteiger partial charge in [0.05, 0.1) is 0 Å². The highest BCUT2D eigenvalue weighted by Crippen LogP contribution is 2.52. The van der Waals surface area contributed by atoms with E-state index in [0.29, 0.717) is 5.82 Å². The van der Waals surface area contributed by atoms with Crippen LogP contribution in [-0.4, -0.2) is 15.0 Å². The Kier molecular flexibility index (Phi) is 6.31. The Morgan fingerprint density at radius 1 is 0.340 bits per heavy atom. The van der Waals surface area contributed by atoms with Crippen LogP contribution < -0.4 is 0 Å². The average Bonchev–Trinajstić information content (AvgIpc) is 3.50. The van der Waals surface area contributed by atoms with Crippen LogP contribution in [-0.2, 0) is 0 Å². The first-order valence-electron chi connectivity index (χ1n) is 17.1. The number of hydrogen-bond acceptors (Lipinski definition) is 3. The minimum atomic E-state index is 0.704. The number of aromatic nitrogens is 3. The zero-order valence-electron chi connectivity index (χ0n) is 27.8. The summed E-state index contributed by atoms with van der Waals surface area (Å²) in [5.41, 5.74) is 13.6. The van der Waals surface area contributed by atoms with Crippen LogP contribution in [0.15, 0.2) is 152 Å². The number of rotatable bonds is 4. The molecular formula is C47H31N3. The molecule has 0 amide bonds. The Morgan fingerprint density at radius 3 is 1.62 bits per heavy atom. The molecule has 9 aromatic rings. The first-order valence-corrected chi connectivity index (χ1v) is 17.1. The molecule has 3 heteroatoms. The third kappa shape index (κ3) is 4.40. The van der Waals surface area contributed by atoms with Gasteiger partial charge in [-0.2, -0.15) is 0 Å². The molecule has 234 valence electrons. The summed E-state index contributed by atoms with van der Waals surface area (Å²) in [6, 6.07) is 55.6. The molecule has 0 atom stereocenters. The Labute approximate surface area is 290 Å². The van der Waals surface area contributed by atoms with Gasteiger partial charge in [-0.25, -0.2) is 15.0 Å². The molecule has 1 aliphatic carbocycles. The molecule has 8 aromatic carbocycles. The smallest absolute Gasteiger partial charge is 0.163 e. The lowest BCUT2D eigenvalue weighted by Crippen LogP contribution is -1.98. The van der Waals surface area contributed by atoms with E-state index in [1.165, 1.54) is 82.4 Å². The van der Waals surface area contributed by atoms with Crippen LogP contribution in [0.1, 0.15) is 11.6 Å². The highest BCUT2D eigenvalue weighted by atomic mass is 15.0. The Balaban J connectivity index is 1.11. The molecule has 0 bridgehead atoms. The SMILES string of the molecule is Cc1nc(C)nc(-c2ccc(-c3ccc4ccccc4c3-c3ccc(-c4ccc5c6c(c7ccccc7cc46)-c4ccccc4-5)cc3)cc2)n1. The van der Waals surface area contributed by atoms with Crippen molar-refractivity contribution in [2.45, 2.75) is 13.8 Å². The summed E-state index contributed by atoms with van der Waals surface area (Å²) in [6.07, 6.45) is 0. The molecule has 50 heavy (non-hydrogen) atoms. The van der Waals surface area contributed by atoms with Crippen molar-refractivity contribution in [2.75, 3.05) is 0 Å². The number of benzene rings is 8. The minimum absolute atomic E-state index is 0.704. The molecule has 0 radical (unpaired) electrons. The van der Waals surface area contributed by atoms with Crippen molar-refractivity contribution >= 4 is 32.3 Å². The van der Waals surface area contributed by atoms with E-state index in [1.54, 1.807) is 0 Å². The molecule has 1 heterocycles. The third-order valence-electron chi connectivity index (χ3n) is 10.2. The van der Waals surface area contributed by atoms with Crippen molar-refractivity contribution in [3.63, 3.8) is 0 Å². The molecule has 10 rings (SSSR count). The van der Waals surface area contributed by atoms with Crippen LogP contribution in [0.4, 0.5) is 0 Å². The molecule has 0 spiro atoms. The van der Waals surface area contributed by atoms with Crippen LogP contribution in [0.5, 0.6) is 0 Å². The minimum Gasteiger partial charge on any atom is -0.219 e. The fourth-order valence-corrected chi connectivity index (χ4v) is 8.05. The van der Waals surface area contributed by atoms with Gasteiger partial charge < -0.3 is 0 Å². The maximum absolute atomic E-state index is 4.58. The predicted octanol–water partition coefficient (Wildman–Crippen LogP) is 12.3. The van der Waals surface area contributed by atoms with E-state index in [0.717, 1.165) is 22.8 Å². The normalized spacial score (nSPS) is 11.8. The lowest BCUT2D eigenvalue weighted by Gasteiger charge is -2.16. The maximum Gasteiger partial charge on any atom is 0.163 e. The third-order valence-corrected chi connectivity index (χ3v) is 10.2. The predicted molar refractivity (Wildman–Crippen MR) is 208 cm³/mol. The second-order valence-corrected chi connectivity index (χ2v) is 13.2. The summed E-state index contributed by atoms with van der Waals surface area (Å²) in [5, 5.41) is 7.70. The van der Waals surface area contributed by atoms with Crippen LogP contribution in [0, 0.1) is 13.8 Å². The summed E-state index contributed by atoms with van der Waals surface area (Å²) in [7, 11) is 0. The number of fused-ring (bicyclic) bond motifs is 6. The number of hydrogen-bond donors (Lipinski definition) is 0. The summed E-state index contributed by atoms with van der Waals surface area (Å²) in [6.45, 7) is 3.82. The topological polar surface area (TPSA) is 38.7 Å². The highest BCUT2D eigenvalue weighted by Gasteiger charge is 2.25. The molecular weight excluding hydrogens is 607 g/mol. The monoisotopic (exact) mass is 637 g/mol. The van der Waals surface area contributed by atoms with Gasteiger partial charge in [0.1, 0.15) is 11.6 Å². The molecule has 0 unspecified atom stereocenters. The quantitative estimate of drug-likeness (QED) is 0.180. The molecule has 0 N–H and O–H groups in total. The van der Waals surface area contributed by atoms with Gasteiger partial charge in [-0.05, 0) is 108 Å². The fraction of sp³-hybridized carbons (Fsp3) is 0.0426. The molecule has 0 aliphatic heterocycles. The molecule has 0 saturated heterocycles. The Morgan fingerprint density at radius 2 is 0.880 bits per heavy atom. The highest BCUT2D eigenvalue weighted by molar-refractivity contribution is 6.26. The van der Waals surface area contributed by atoms with Crippen molar-refractivity contribution in [1.29, 1.82) is 0 Å². The summed E-state index contributed by atoms with van der Waals surface area (Å²) in [4.78, 5) is 13.5. The van der Waals surface area contributed by atoms with E-state index in [-0.39, 0.29) is 0 Å². The maximum atomic E-state index is 4.58. The van der Waals surface area contributed by atoms with E-state index < -0.39 is 0 Å². The van der Waals surface area contributed by atoms with Gasteiger partial charge in [-0.15, -0.1) is 0 Å². The van der Waals surface area contributed by atoms with E-state index in [1.807, 2.05) is 13.8 Å². The molecule has 1 aromatic heterocycles. The van der Waals surface area contributed by atoms with E-state index in [2.05, 4.69) is 167 Å². The van der Waals surface area contributed by atoms with Gasteiger partial charge in [0.15, 0.2) is 5.82 Å². The van der Waals surface area contributed by atoms with Crippen molar-refractivity contribution in [2.24, 2.45) is 0 Å². The first-order chi connectivity index (χ1) is 24.6. The largest absolute Gasteiger partial charge is 0.219 e. The zero-order chi connectivity index (χ0) is 33.3. The van der Waals surface area contributed by atoms with Gasteiger partial charge >= 0.3 is 0 Å². The Hall–Kier alpha value is -6.45. The molecule has 3 nitrogen and oxygen atoms in total. The fourth-order valence-electron chi connectivity index (χ4n) is 8.05. The standard InChI is InChI=1S/C47H31N3/c1-28-48-29(2)50-47(49-28)34-21-17-32(18-22-34)39-24-23-30-9-3-5-11-37(30)44(39)33-19-15-31(16-20-33)36-25-26-42-40-13-7-8-14-41(40)45-38-12-6-4-10-35(38)27-43(36)46(42)45/h3-27H,1-2H3. The molecule has 0 fully saturated rings. The summed E-state index contributed by atoms with van der Waals surface area (Å²) in [5.74, 6) is 2.16. The van der Waals surface area contributed by atoms with Gasteiger partial charge in [0.25, 0.3) is 0 Å². The van der Waals surface area contributed by atoms with Crippen LogP contribution >= 0.6 is 0 Å². The van der Waals surface area contributed by atoms with Gasteiger partial charge in [-0.1, -0.05) is 146 Å². The number of aryl methyl sites for hydroxylation is 2. The summed E-state index contributed by atoms with van der Waals surface area (Å²) < 4.78 is 0. The average molecular weight is 638 g/mol. The second-order valence-electron chi connectivity index (χ2n) is 13.2. The van der Waals surface area contributed by atoms with Crippen molar-refractivity contribution < 1.29 is 0 Å². The molecule has 1 aliphatic rings. The van der Waals surface area contributed by atoms with E-state index in [9.17, 15) is 0 Å². The van der Waals surface area contributed by atoms with Crippen LogP contribution in [0.3, 0.4) is 0 Å². The zero-order valence-corrected chi connectivity index (χ0v) is 27.8. The van der Waals surface area contributed by atoms with Crippen molar-refractivity contribution in [3.8, 4) is 67.0 Å². The van der Waals surface area contributed by atoms with Crippen molar-refractivity contribution in [3.05, 3.63) is 163 Å². The van der Waals surface area contributed by atoms with Gasteiger partial charge in [-0.3, -0.25) is 0 Å². The molecule has 0 saturated carbocycles. The summed E-state index contributed by atoms with van der Waals surface area (Å²) >= 11 is 0. The van der Waals surface area contributed by atoms with E-state index >= 15 is 0 Å². The van der Waals surface area contributed by atoms with Gasteiger partial charge in [0, 0.05) is 5.56 Å². The second kappa shape index (κ2) is 11.0. The van der Waals surface area contributed by atoms with Crippen LogP contribution in [0.25, 0.3) is 99.3 Å². The van der Waals surface area contributed by atoms with Crippen LogP contribution in [0.2, 0.25) is 0 Å². The lowest BCUT2D eigenvalue weighted by atomic mass is 9.88. The Bertz CT molecular complexity index is 2790. The lowest BCUT2D eigenvalue weighted by molar-refractivity contribution is 0.928. The van der Waals surface area contributed by atoms with E-state index in [4.69, 9.17) is 0 Å². The van der Waals surface area contributed by atoms with Gasteiger partial charge in [0.2, 0.25) is 0 Å². The first kappa shape index (κ1) is 28.6. The van der Waals surface area contributed by atoms with Crippen molar-refractivity contribution in [1.82, 2.24) is 15.0 Å².